The molecule has 0 saturated carbocycles. The molecule has 8 aromatic rings. The molecule has 6 aromatic carbocycles. The second-order valence-electron chi connectivity index (χ2n) is 10.9. The first-order valence-corrected chi connectivity index (χ1v) is 14.8. The van der Waals surface area contributed by atoms with E-state index >= 15 is 0 Å². The molecule has 0 unspecified atom stereocenters. The maximum absolute atomic E-state index is 6.39. The summed E-state index contributed by atoms with van der Waals surface area (Å²) >= 11 is 0. The Labute approximate surface area is 256 Å². The van der Waals surface area contributed by atoms with Gasteiger partial charge in [0.2, 0.25) is 5.71 Å². The predicted molar refractivity (Wildman–Crippen MR) is 183 cm³/mol. The Hall–Kier alpha value is -5.93. The molecule has 3 nitrogen and oxygen atoms in total. The molecule has 3 heteroatoms. The van der Waals surface area contributed by atoms with Crippen molar-refractivity contribution >= 4 is 39.1 Å². The third kappa shape index (κ3) is 4.71. The van der Waals surface area contributed by atoms with Gasteiger partial charge in [-0.25, -0.2) is 4.98 Å². The van der Waals surface area contributed by atoms with Crippen molar-refractivity contribution in [2.45, 2.75) is 0 Å². The van der Waals surface area contributed by atoms with E-state index in [1.54, 1.807) is 6.20 Å². The molecule has 2 aromatic heterocycles. The highest BCUT2D eigenvalue weighted by Gasteiger charge is 2.19. The van der Waals surface area contributed by atoms with Gasteiger partial charge in [0.05, 0.1) is 5.69 Å². The number of fused-ring (bicyclic) bond motifs is 3. The van der Waals surface area contributed by atoms with Gasteiger partial charge < -0.3 is 9.32 Å². The Morgan fingerprint density at radius 2 is 0.841 bits per heavy atom. The number of pyridine rings is 1. The Morgan fingerprint density at radius 3 is 1.36 bits per heavy atom. The summed E-state index contributed by atoms with van der Waals surface area (Å²) in [6.45, 7) is 0. The molecule has 44 heavy (non-hydrogen) atoms. The molecule has 2 heterocycles. The van der Waals surface area contributed by atoms with Gasteiger partial charge in [0, 0.05) is 28.3 Å². The lowest BCUT2D eigenvalue weighted by atomic mass is 10.00. The Morgan fingerprint density at radius 1 is 0.386 bits per heavy atom. The van der Waals surface area contributed by atoms with Crippen molar-refractivity contribution in [3.63, 3.8) is 0 Å². The monoisotopic (exact) mass is 564 g/mol. The van der Waals surface area contributed by atoms with E-state index in [2.05, 4.69) is 155 Å². The molecule has 0 aliphatic heterocycles. The smallest absolute Gasteiger partial charge is 0.227 e. The number of anilines is 3. The minimum atomic E-state index is 0.642. The number of rotatable bonds is 6. The zero-order valence-electron chi connectivity index (χ0n) is 24.0. The van der Waals surface area contributed by atoms with Gasteiger partial charge in [0.1, 0.15) is 0 Å². The van der Waals surface area contributed by atoms with E-state index in [1.165, 1.54) is 33.4 Å². The van der Waals surface area contributed by atoms with Crippen molar-refractivity contribution in [3.05, 3.63) is 170 Å². The fraction of sp³-hybridized carbons (Fsp3) is 0. The molecule has 0 amide bonds. The minimum absolute atomic E-state index is 0.642. The number of para-hydroxylation sites is 1. The molecule has 0 aliphatic rings. The molecule has 0 N–H and O–H groups in total. The number of hydrogen-bond acceptors (Lipinski definition) is 3. The van der Waals surface area contributed by atoms with Crippen molar-refractivity contribution in [3.8, 4) is 33.4 Å². The van der Waals surface area contributed by atoms with Crippen LogP contribution in [0.2, 0.25) is 0 Å². The number of benzene rings is 6. The van der Waals surface area contributed by atoms with Crippen LogP contribution in [0.15, 0.2) is 174 Å². The fourth-order valence-electron chi connectivity index (χ4n) is 5.94. The van der Waals surface area contributed by atoms with Crippen LogP contribution in [0, 0.1) is 0 Å². The molecule has 0 saturated heterocycles. The van der Waals surface area contributed by atoms with Gasteiger partial charge >= 0.3 is 0 Å². The topological polar surface area (TPSA) is 29.3 Å². The average Bonchev–Trinajstić information content (AvgIpc) is 3.50. The summed E-state index contributed by atoms with van der Waals surface area (Å²) < 4.78 is 6.39. The molecule has 0 atom stereocenters. The molecule has 0 radical (unpaired) electrons. The second kappa shape index (κ2) is 11.0. The summed E-state index contributed by atoms with van der Waals surface area (Å²) in [5, 5.41) is 2.06. The van der Waals surface area contributed by atoms with Crippen LogP contribution in [0.1, 0.15) is 0 Å². The zero-order chi connectivity index (χ0) is 29.3. The molecule has 0 spiro atoms. The van der Waals surface area contributed by atoms with Gasteiger partial charge in [-0.15, -0.1) is 0 Å². The van der Waals surface area contributed by atoms with E-state index in [0.29, 0.717) is 5.71 Å². The van der Waals surface area contributed by atoms with E-state index in [1.807, 2.05) is 18.2 Å². The van der Waals surface area contributed by atoms with E-state index in [9.17, 15) is 0 Å². The summed E-state index contributed by atoms with van der Waals surface area (Å²) in [6.07, 6.45) is 1.77. The first kappa shape index (κ1) is 25.8. The molecule has 0 aliphatic carbocycles. The van der Waals surface area contributed by atoms with Crippen molar-refractivity contribution in [1.82, 2.24) is 4.98 Å². The number of aromatic nitrogens is 1. The largest absolute Gasteiger partial charge is 0.435 e. The van der Waals surface area contributed by atoms with Crippen LogP contribution in [0.25, 0.3) is 55.4 Å². The highest BCUT2D eigenvalue weighted by Crippen LogP contribution is 2.42. The van der Waals surface area contributed by atoms with Crippen LogP contribution < -0.4 is 4.90 Å². The highest BCUT2D eigenvalue weighted by molar-refractivity contribution is 6.09. The molecular formula is C41H28N2O. The van der Waals surface area contributed by atoms with E-state index in [0.717, 1.165) is 33.4 Å². The second-order valence-corrected chi connectivity index (χ2v) is 10.9. The number of furan rings is 1. The lowest BCUT2D eigenvalue weighted by Crippen LogP contribution is -2.10. The van der Waals surface area contributed by atoms with E-state index in [4.69, 9.17) is 4.42 Å². The number of hydrogen-bond donors (Lipinski definition) is 0. The van der Waals surface area contributed by atoms with Crippen LogP contribution in [0.5, 0.6) is 0 Å². The molecule has 0 bridgehead atoms. The number of nitrogens with zero attached hydrogens (tertiary/aromatic N) is 2. The van der Waals surface area contributed by atoms with Gasteiger partial charge in [0.25, 0.3) is 0 Å². The van der Waals surface area contributed by atoms with Crippen molar-refractivity contribution < 1.29 is 4.42 Å². The van der Waals surface area contributed by atoms with Crippen LogP contribution >= 0.6 is 0 Å². The normalized spacial score (nSPS) is 11.2. The van der Waals surface area contributed by atoms with Crippen molar-refractivity contribution in [2.24, 2.45) is 0 Å². The van der Waals surface area contributed by atoms with Crippen LogP contribution in [0.3, 0.4) is 0 Å². The summed E-state index contributed by atoms with van der Waals surface area (Å²) in [6, 6.07) is 57.5. The first-order chi connectivity index (χ1) is 21.8. The minimum Gasteiger partial charge on any atom is -0.435 e. The van der Waals surface area contributed by atoms with Gasteiger partial charge in [-0.1, -0.05) is 121 Å². The van der Waals surface area contributed by atoms with Crippen LogP contribution in [0.4, 0.5) is 17.1 Å². The van der Waals surface area contributed by atoms with Crippen molar-refractivity contribution in [2.75, 3.05) is 4.90 Å². The third-order valence-corrected chi connectivity index (χ3v) is 8.18. The quantitative estimate of drug-likeness (QED) is 0.201. The summed E-state index contributed by atoms with van der Waals surface area (Å²) in [5.41, 5.74) is 11.7. The van der Waals surface area contributed by atoms with Gasteiger partial charge in [0.15, 0.2) is 5.58 Å². The summed E-state index contributed by atoms with van der Waals surface area (Å²) in [7, 11) is 0. The van der Waals surface area contributed by atoms with Gasteiger partial charge in [-0.05, 0) is 75.8 Å². The first-order valence-electron chi connectivity index (χ1n) is 14.8. The van der Waals surface area contributed by atoms with Gasteiger partial charge in [-0.2, -0.15) is 0 Å². The van der Waals surface area contributed by atoms with Crippen molar-refractivity contribution in [1.29, 1.82) is 0 Å². The standard InChI is InChI=1S/C41H28N2O/c1-3-9-29(10-4-1)31-16-18-32(19-17-31)34-22-26-36(27-23-34)43(35-24-20-33(21-25-35)30-11-5-2-6-12-30)39-15-7-13-37-38-14-8-28-42-41(38)44-40(37)39/h1-28H. The highest BCUT2D eigenvalue weighted by atomic mass is 16.3. The van der Waals surface area contributed by atoms with Crippen LogP contribution in [-0.4, -0.2) is 4.98 Å². The Bertz CT molecular complexity index is 2180. The van der Waals surface area contributed by atoms with E-state index in [-0.39, 0.29) is 0 Å². The Balaban J connectivity index is 1.21. The van der Waals surface area contributed by atoms with E-state index < -0.39 is 0 Å². The molecule has 8 rings (SSSR count). The summed E-state index contributed by atoms with van der Waals surface area (Å²) in [4.78, 5) is 6.76. The molecule has 208 valence electrons. The lowest BCUT2D eigenvalue weighted by Gasteiger charge is -2.26. The lowest BCUT2D eigenvalue weighted by molar-refractivity contribution is 0.654. The molecular weight excluding hydrogens is 536 g/mol. The SMILES string of the molecule is c1ccc(-c2ccc(-c3ccc(N(c4ccc(-c5ccccc5)cc4)c4cccc5c4oc4ncccc45)cc3)cc2)cc1. The maximum atomic E-state index is 6.39. The predicted octanol–water partition coefficient (Wildman–Crippen LogP) is 11.5. The average molecular weight is 565 g/mol. The van der Waals surface area contributed by atoms with Crippen LogP contribution in [-0.2, 0) is 0 Å². The van der Waals surface area contributed by atoms with Gasteiger partial charge in [-0.3, -0.25) is 0 Å². The molecule has 0 fully saturated rings. The Kier molecular flexibility index (Phi) is 6.47. The fourth-order valence-corrected chi connectivity index (χ4v) is 5.94. The summed E-state index contributed by atoms with van der Waals surface area (Å²) in [5.74, 6) is 0. The maximum Gasteiger partial charge on any atom is 0.227 e. The third-order valence-electron chi connectivity index (χ3n) is 8.18. The zero-order valence-corrected chi connectivity index (χ0v) is 24.0.